The van der Waals surface area contributed by atoms with Gasteiger partial charge in [0, 0.05) is 55.3 Å². The quantitative estimate of drug-likeness (QED) is 0.711. The summed E-state index contributed by atoms with van der Waals surface area (Å²) in [6, 6.07) is 9.66. The van der Waals surface area contributed by atoms with Crippen LogP contribution in [0.25, 0.3) is 10.9 Å². The molecule has 0 saturated carbocycles. The molecular weight excluding hydrogens is 354 g/mol. The molecule has 144 valence electrons. The summed E-state index contributed by atoms with van der Waals surface area (Å²) in [5.41, 5.74) is 3.03. The summed E-state index contributed by atoms with van der Waals surface area (Å²) < 4.78 is 5.39. The Labute approximate surface area is 163 Å². The van der Waals surface area contributed by atoms with E-state index >= 15 is 0 Å². The van der Waals surface area contributed by atoms with E-state index in [9.17, 15) is 4.79 Å². The molecule has 0 radical (unpaired) electrons. The molecule has 0 bridgehead atoms. The van der Waals surface area contributed by atoms with Gasteiger partial charge in [-0.05, 0) is 43.5 Å². The van der Waals surface area contributed by atoms with Crippen LogP contribution < -0.4 is 10.6 Å². The number of nitrogens with one attached hydrogen (secondary N) is 2. The third-order valence-electron chi connectivity index (χ3n) is 4.94. The van der Waals surface area contributed by atoms with E-state index in [1.807, 2.05) is 31.2 Å². The van der Waals surface area contributed by atoms with Gasteiger partial charge >= 0.3 is 0 Å². The molecule has 0 aromatic carbocycles. The number of pyridine rings is 3. The molecule has 3 aromatic heterocycles. The van der Waals surface area contributed by atoms with Crippen molar-refractivity contribution in [3.05, 3.63) is 59.7 Å². The molecule has 0 atom stereocenters. The zero-order chi connectivity index (χ0) is 19.3. The number of hydrogen-bond acceptors (Lipinski definition) is 6. The average Bonchev–Trinajstić information content (AvgIpc) is 2.73. The first-order valence-electron chi connectivity index (χ1n) is 9.49. The molecule has 0 aliphatic carbocycles. The second-order valence-electron chi connectivity index (χ2n) is 6.92. The van der Waals surface area contributed by atoms with Crippen molar-refractivity contribution in [2.45, 2.75) is 32.4 Å². The summed E-state index contributed by atoms with van der Waals surface area (Å²) in [5, 5.41) is 7.25. The zero-order valence-electron chi connectivity index (χ0n) is 15.8. The molecule has 4 heterocycles. The Morgan fingerprint density at radius 3 is 2.89 bits per heavy atom. The summed E-state index contributed by atoms with van der Waals surface area (Å²) in [7, 11) is 0. The van der Waals surface area contributed by atoms with Gasteiger partial charge in [0.15, 0.2) is 0 Å². The maximum absolute atomic E-state index is 12.5. The highest BCUT2D eigenvalue weighted by Gasteiger charge is 2.15. The smallest absolute Gasteiger partial charge is 0.270 e. The van der Waals surface area contributed by atoms with E-state index in [2.05, 4.69) is 25.6 Å². The largest absolute Gasteiger partial charge is 0.381 e. The van der Waals surface area contributed by atoms with Crippen LogP contribution in [0.2, 0.25) is 0 Å². The van der Waals surface area contributed by atoms with Gasteiger partial charge in [0.25, 0.3) is 5.91 Å². The summed E-state index contributed by atoms with van der Waals surface area (Å²) in [6.07, 6.45) is 5.45. The molecular formula is C21H23N5O2. The minimum absolute atomic E-state index is 0.207. The standard InChI is InChI=1S/C21H23N5O2/c1-14-15(3-2-8-22-14)12-24-21(27)18-5-4-16-13-23-20(11-19(16)26-18)25-17-6-9-28-10-7-17/h2-5,8,11,13,17H,6-7,9-10,12H2,1H3,(H,23,25)(H,24,27). The minimum Gasteiger partial charge on any atom is -0.381 e. The van der Waals surface area contributed by atoms with Crippen LogP contribution in [-0.2, 0) is 11.3 Å². The Bertz CT molecular complexity index is 985. The Morgan fingerprint density at radius 2 is 2.07 bits per heavy atom. The number of hydrogen-bond donors (Lipinski definition) is 2. The summed E-state index contributed by atoms with van der Waals surface area (Å²) in [4.78, 5) is 25.8. The summed E-state index contributed by atoms with van der Waals surface area (Å²) in [5.74, 6) is 0.566. The predicted molar refractivity (Wildman–Crippen MR) is 107 cm³/mol. The highest BCUT2D eigenvalue weighted by Crippen LogP contribution is 2.18. The second-order valence-corrected chi connectivity index (χ2v) is 6.92. The number of carbonyl (C=O) groups excluding carboxylic acids is 1. The lowest BCUT2D eigenvalue weighted by Gasteiger charge is -2.23. The molecule has 1 saturated heterocycles. The van der Waals surface area contributed by atoms with Crippen LogP contribution in [-0.4, -0.2) is 40.1 Å². The van der Waals surface area contributed by atoms with Crippen molar-refractivity contribution in [3.8, 4) is 0 Å². The van der Waals surface area contributed by atoms with Gasteiger partial charge < -0.3 is 15.4 Å². The van der Waals surface area contributed by atoms with Crippen LogP contribution in [0.1, 0.15) is 34.6 Å². The molecule has 1 amide bonds. The van der Waals surface area contributed by atoms with Crippen molar-refractivity contribution >= 4 is 22.6 Å². The number of aromatic nitrogens is 3. The number of nitrogens with zero attached hydrogens (tertiary/aromatic N) is 3. The number of ether oxygens (including phenoxy) is 1. The van der Waals surface area contributed by atoms with Crippen LogP contribution in [0.15, 0.2) is 42.7 Å². The number of rotatable bonds is 5. The Balaban J connectivity index is 1.47. The first-order valence-corrected chi connectivity index (χ1v) is 9.49. The Morgan fingerprint density at radius 1 is 1.21 bits per heavy atom. The van der Waals surface area contributed by atoms with Crippen molar-refractivity contribution in [3.63, 3.8) is 0 Å². The third-order valence-corrected chi connectivity index (χ3v) is 4.94. The van der Waals surface area contributed by atoms with Gasteiger partial charge in [-0.15, -0.1) is 0 Å². The van der Waals surface area contributed by atoms with Crippen LogP contribution in [0.5, 0.6) is 0 Å². The first kappa shape index (κ1) is 18.3. The van der Waals surface area contributed by atoms with E-state index in [1.165, 1.54) is 0 Å². The SMILES string of the molecule is Cc1ncccc1CNC(=O)c1ccc2cnc(NC3CCOCC3)cc2n1. The molecule has 0 spiro atoms. The van der Waals surface area contributed by atoms with Crippen LogP contribution in [0, 0.1) is 6.92 Å². The van der Waals surface area contributed by atoms with Gasteiger partial charge in [0.2, 0.25) is 0 Å². The highest BCUT2D eigenvalue weighted by molar-refractivity contribution is 5.95. The number of amides is 1. The maximum atomic E-state index is 12.5. The van der Waals surface area contributed by atoms with E-state index in [0.29, 0.717) is 18.3 Å². The monoisotopic (exact) mass is 377 g/mol. The number of fused-ring (bicyclic) bond motifs is 1. The molecule has 3 aromatic rings. The van der Waals surface area contributed by atoms with E-state index < -0.39 is 0 Å². The fourth-order valence-corrected chi connectivity index (χ4v) is 3.24. The summed E-state index contributed by atoms with van der Waals surface area (Å²) in [6.45, 7) is 3.88. The fourth-order valence-electron chi connectivity index (χ4n) is 3.24. The molecule has 0 unspecified atom stereocenters. The van der Waals surface area contributed by atoms with Gasteiger partial charge in [-0.2, -0.15) is 0 Å². The molecule has 1 aliphatic heterocycles. The summed E-state index contributed by atoms with van der Waals surface area (Å²) >= 11 is 0. The molecule has 1 fully saturated rings. The lowest BCUT2D eigenvalue weighted by atomic mass is 10.1. The second kappa shape index (κ2) is 8.31. The molecule has 2 N–H and O–H groups in total. The Kier molecular flexibility index (Phi) is 5.43. The normalized spacial score (nSPS) is 14.8. The van der Waals surface area contributed by atoms with Gasteiger partial charge in [-0.3, -0.25) is 9.78 Å². The lowest BCUT2D eigenvalue weighted by molar-refractivity contribution is 0.0903. The number of carbonyl (C=O) groups is 1. The van der Waals surface area contributed by atoms with Crippen LogP contribution in [0.3, 0.4) is 0 Å². The highest BCUT2D eigenvalue weighted by atomic mass is 16.5. The maximum Gasteiger partial charge on any atom is 0.270 e. The van der Waals surface area contributed by atoms with E-state index in [0.717, 1.165) is 54.0 Å². The van der Waals surface area contributed by atoms with Gasteiger partial charge in [-0.25, -0.2) is 9.97 Å². The van der Waals surface area contributed by atoms with Crippen molar-refractivity contribution < 1.29 is 9.53 Å². The van der Waals surface area contributed by atoms with Crippen molar-refractivity contribution in [2.75, 3.05) is 18.5 Å². The van der Waals surface area contributed by atoms with Gasteiger partial charge in [0.05, 0.1) is 5.52 Å². The number of anilines is 1. The molecule has 28 heavy (non-hydrogen) atoms. The third kappa shape index (κ3) is 4.26. The van der Waals surface area contributed by atoms with Gasteiger partial charge in [-0.1, -0.05) is 6.07 Å². The zero-order valence-corrected chi connectivity index (χ0v) is 15.8. The molecule has 7 nitrogen and oxygen atoms in total. The fraction of sp³-hybridized carbons (Fsp3) is 0.333. The van der Waals surface area contributed by atoms with Crippen molar-refractivity contribution in [1.82, 2.24) is 20.3 Å². The van der Waals surface area contributed by atoms with E-state index in [-0.39, 0.29) is 5.91 Å². The lowest BCUT2D eigenvalue weighted by Crippen LogP contribution is -2.28. The average molecular weight is 377 g/mol. The topological polar surface area (TPSA) is 89.0 Å². The van der Waals surface area contributed by atoms with Crippen molar-refractivity contribution in [2.24, 2.45) is 0 Å². The molecule has 7 heteroatoms. The van der Waals surface area contributed by atoms with Gasteiger partial charge in [0.1, 0.15) is 11.5 Å². The first-order chi connectivity index (χ1) is 13.7. The minimum atomic E-state index is -0.207. The van der Waals surface area contributed by atoms with Crippen LogP contribution in [0.4, 0.5) is 5.82 Å². The number of aryl methyl sites for hydroxylation is 1. The van der Waals surface area contributed by atoms with Crippen molar-refractivity contribution in [1.29, 1.82) is 0 Å². The predicted octanol–water partition coefficient (Wildman–Crippen LogP) is 2.85. The van der Waals surface area contributed by atoms with E-state index in [4.69, 9.17) is 4.74 Å². The van der Waals surface area contributed by atoms with E-state index in [1.54, 1.807) is 18.5 Å². The molecule has 1 aliphatic rings. The Hall–Kier alpha value is -3.06. The molecule has 4 rings (SSSR count). The van der Waals surface area contributed by atoms with Crippen LogP contribution >= 0.6 is 0 Å².